The summed E-state index contributed by atoms with van der Waals surface area (Å²) >= 11 is 1.92. The number of fused-ring (bicyclic) bond motifs is 1. The molecular formula is C11H19N3O2S. The predicted octanol–water partition coefficient (Wildman–Crippen LogP) is 0.458. The summed E-state index contributed by atoms with van der Waals surface area (Å²) in [7, 11) is 1.67. The Balaban J connectivity index is 1.66. The zero-order chi connectivity index (χ0) is 12.3. The molecule has 96 valence electrons. The second-order valence-electron chi connectivity index (χ2n) is 4.54. The van der Waals surface area contributed by atoms with Gasteiger partial charge in [0, 0.05) is 24.5 Å². The van der Waals surface area contributed by atoms with Crippen LogP contribution in [-0.4, -0.2) is 42.1 Å². The highest BCUT2D eigenvalue weighted by Gasteiger charge is 2.42. The third-order valence-corrected chi connectivity index (χ3v) is 4.87. The smallest absolute Gasteiger partial charge is 0.315 e. The van der Waals surface area contributed by atoms with Crippen molar-refractivity contribution < 1.29 is 9.59 Å². The lowest BCUT2D eigenvalue weighted by molar-refractivity contribution is -0.120. The molecule has 3 atom stereocenters. The van der Waals surface area contributed by atoms with Gasteiger partial charge in [0.25, 0.3) is 0 Å². The summed E-state index contributed by atoms with van der Waals surface area (Å²) in [6, 6.07) is 0.555. The molecule has 1 unspecified atom stereocenters. The number of rotatable bonds is 5. The van der Waals surface area contributed by atoms with Gasteiger partial charge in [0.1, 0.15) is 0 Å². The summed E-state index contributed by atoms with van der Waals surface area (Å²) in [6.07, 6.45) is 3.65. The Morgan fingerprint density at radius 2 is 2.29 bits per heavy atom. The molecule has 6 heteroatoms. The summed E-state index contributed by atoms with van der Waals surface area (Å²) < 4.78 is 0. The van der Waals surface area contributed by atoms with Gasteiger partial charge in [-0.3, -0.25) is 4.79 Å². The minimum Gasteiger partial charge on any atom is -0.359 e. The number of nitrogens with one attached hydrogen (secondary N) is 3. The van der Waals surface area contributed by atoms with Gasteiger partial charge < -0.3 is 16.0 Å². The maximum Gasteiger partial charge on any atom is 0.315 e. The lowest BCUT2D eigenvalue weighted by Gasteiger charge is -2.16. The van der Waals surface area contributed by atoms with Gasteiger partial charge in [0.15, 0.2) is 0 Å². The van der Waals surface area contributed by atoms with Gasteiger partial charge in [-0.1, -0.05) is 6.42 Å². The number of carbonyl (C=O) groups excluding carboxylic acids is 2. The molecular weight excluding hydrogens is 238 g/mol. The highest BCUT2D eigenvalue weighted by atomic mass is 32.2. The Morgan fingerprint density at radius 1 is 1.47 bits per heavy atom. The van der Waals surface area contributed by atoms with Gasteiger partial charge in [-0.15, -0.1) is 0 Å². The fourth-order valence-electron chi connectivity index (χ4n) is 2.40. The molecule has 17 heavy (non-hydrogen) atoms. The molecule has 0 aromatic heterocycles. The van der Waals surface area contributed by atoms with Crippen LogP contribution in [0.15, 0.2) is 0 Å². The van der Waals surface area contributed by atoms with Gasteiger partial charge in [-0.2, -0.15) is 11.8 Å². The predicted molar refractivity (Wildman–Crippen MR) is 68.0 cm³/mol. The quantitative estimate of drug-likeness (QED) is 0.495. The van der Waals surface area contributed by atoms with Crippen LogP contribution in [0.4, 0.5) is 4.79 Å². The Bertz CT molecular complexity index is 311. The number of hydrogen-bond donors (Lipinski definition) is 3. The van der Waals surface area contributed by atoms with Crippen molar-refractivity contribution in [3.05, 3.63) is 0 Å². The topological polar surface area (TPSA) is 70.2 Å². The van der Waals surface area contributed by atoms with E-state index in [0.29, 0.717) is 17.7 Å². The van der Waals surface area contributed by atoms with Crippen molar-refractivity contribution in [2.24, 2.45) is 0 Å². The van der Waals surface area contributed by atoms with Crippen LogP contribution >= 0.6 is 11.8 Å². The number of unbranched alkanes of at least 4 members (excludes halogenated alkanes) is 1. The van der Waals surface area contributed by atoms with Crippen LogP contribution in [0.5, 0.6) is 0 Å². The average Bonchev–Trinajstić information content (AvgIpc) is 2.84. The Morgan fingerprint density at radius 3 is 3.06 bits per heavy atom. The molecule has 3 amide bonds. The highest BCUT2D eigenvalue weighted by Crippen LogP contribution is 2.33. The summed E-state index contributed by atoms with van der Waals surface area (Å²) in [5.41, 5.74) is 0. The zero-order valence-electron chi connectivity index (χ0n) is 9.99. The van der Waals surface area contributed by atoms with E-state index >= 15 is 0 Å². The monoisotopic (exact) mass is 257 g/mol. The van der Waals surface area contributed by atoms with Gasteiger partial charge in [-0.05, 0) is 12.8 Å². The van der Waals surface area contributed by atoms with Crippen LogP contribution in [0.3, 0.4) is 0 Å². The molecule has 0 aliphatic carbocycles. The van der Waals surface area contributed by atoms with E-state index in [0.717, 1.165) is 25.0 Å². The molecule has 0 bridgehead atoms. The molecule has 0 aromatic carbocycles. The maximum atomic E-state index is 11.2. The number of urea groups is 1. The minimum absolute atomic E-state index is 0.0318. The average molecular weight is 257 g/mol. The number of hydrogen-bond acceptors (Lipinski definition) is 3. The lowest BCUT2D eigenvalue weighted by Crippen LogP contribution is -2.36. The first-order valence-electron chi connectivity index (χ1n) is 6.10. The number of thioether (sulfide) groups is 1. The first-order chi connectivity index (χ1) is 8.20. The molecule has 5 nitrogen and oxygen atoms in total. The van der Waals surface area contributed by atoms with Crippen LogP contribution < -0.4 is 16.0 Å². The number of amides is 3. The Labute approximate surface area is 105 Å². The molecule has 0 spiro atoms. The first kappa shape index (κ1) is 12.5. The van der Waals surface area contributed by atoms with Gasteiger partial charge >= 0.3 is 6.03 Å². The van der Waals surface area contributed by atoms with E-state index in [2.05, 4.69) is 16.0 Å². The van der Waals surface area contributed by atoms with E-state index in [9.17, 15) is 9.59 Å². The van der Waals surface area contributed by atoms with Crippen molar-refractivity contribution in [1.29, 1.82) is 0 Å². The minimum atomic E-state index is -0.0318. The normalized spacial score (nSPS) is 30.6. The van der Waals surface area contributed by atoms with E-state index in [-0.39, 0.29) is 18.0 Å². The second kappa shape index (κ2) is 5.62. The fourth-order valence-corrected chi connectivity index (χ4v) is 3.94. The van der Waals surface area contributed by atoms with Crippen LogP contribution in [0.25, 0.3) is 0 Å². The fraction of sp³-hybridized carbons (Fsp3) is 0.818. The molecule has 2 aliphatic heterocycles. The summed E-state index contributed by atoms with van der Waals surface area (Å²) in [4.78, 5) is 22.2. The summed E-state index contributed by atoms with van der Waals surface area (Å²) in [5, 5.41) is 9.03. The molecule has 0 saturated carbocycles. The molecule has 2 aliphatic rings. The van der Waals surface area contributed by atoms with Crippen molar-refractivity contribution in [2.75, 3.05) is 12.8 Å². The number of carbonyl (C=O) groups is 2. The van der Waals surface area contributed by atoms with Gasteiger partial charge in [0.05, 0.1) is 12.1 Å². The zero-order valence-corrected chi connectivity index (χ0v) is 10.8. The highest BCUT2D eigenvalue weighted by molar-refractivity contribution is 8.00. The summed E-state index contributed by atoms with van der Waals surface area (Å²) in [5.74, 6) is 1.11. The molecule has 2 fully saturated rings. The molecule has 2 saturated heterocycles. The van der Waals surface area contributed by atoms with E-state index < -0.39 is 0 Å². The van der Waals surface area contributed by atoms with E-state index in [1.807, 2.05) is 11.8 Å². The molecule has 2 heterocycles. The van der Waals surface area contributed by atoms with Crippen molar-refractivity contribution in [3.63, 3.8) is 0 Å². The second-order valence-corrected chi connectivity index (χ2v) is 5.81. The third kappa shape index (κ3) is 3.06. The third-order valence-electron chi connectivity index (χ3n) is 3.36. The molecule has 0 aromatic rings. The van der Waals surface area contributed by atoms with Crippen molar-refractivity contribution in [3.8, 4) is 0 Å². The SMILES string of the molecule is CNC(=O)CCCCC1SC[C@@H]2NC(=O)N[C@H]12. The van der Waals surface area contributed by atoms with Crippen LogP contribution in [-0.2, 0) is 4.79 Å². The molecule has 0 radical (unpaired) electrons. The van der Waals surface area contributed by atoms with Crippen LogP contribution in [0.1, 0.15) is 25.7 Å². The standard InChI is InChI=1S/C11H19N3O2S/c1-12-9(15)5-3-2-4-8-10-7(6-17-8)13-11(16)14-10/h7-8,10H,2-6H2,1H3,(H,12,15)(H2,13,14,16)/t7-,8?,10-/m0/s1. The largest absolute Gasteiger partial charge is 0.359 e. The van der Waals surface area contributed by atoms with E-state index in [4.69, 9.17) is 0 Å². The Hall–Kier alpha value is -0.910. The van der Waals surface area contributed by atoms with Crippen molar-refractivity contribution >= 4 is 23.7 Å². The van der Waals surface area contributed by atoms with E-state index in [1.54, 1.807) is 7.05 Å². The van der Waals surface area contributed by atoms with Crippen LogP contribution in [0, 0.1) is 0 Å². The van der Waals surface area contributed by atoms with Crippen molar-refractivity contribution in [1.82, 2.24) is 16.0 Å². The van der Waals surface area contributed by atoms with Crippen LogP contribution in [0.2, 0.25) is 0 Å². The van der Waals surface area contributed by atoms with Gasteiger partial charge in [-0.25, -0.2) is 4.79 Å². The first-order valence-corrected chi connectivity index (χ1v) is 7.15. The lowest BCUT2D eigenvalue weighted by atomic mass is 10.0. The summed E-state index contributed by atoms with van der Waals surface area (Å²) in [6.45, 7) is 0. The molecule has 3 N–H and O–H groups in total. The maximum absolute atomic E-state index is 11.2. The van der Waals surface area contributed by atoms with E-state index in [1.165, 1.54) is 0 Å². The molecule has 2 rings (SSSR count). The van der Waals surface area contributed by atoms with Gasteiger partial charge in [0.2, 0.25) is 5.91 Å². The van der Waals surface area contributed by atoms with Crippen molar-refractivity contribution in [2.45, 2.75) is 43.0 Å². The Kier molecular flexibility index (Phi) is 4.15.